The first kappa shape index (κ1) is 42.0. The second-order valence-corrected chi connectivity index (χ2v) is 19.6. The molecule has 0 unspecified atom stereocenters. The Morgan fingerprint density at radius 2 is 0.838 bits per heavy atom. The van der Waals surface area contributed by atoms with E-state index in [1.165, 1.54) is 21.9 Å². The molecule has 0 amide bonds. The van der Waals surface area contributed by atoms with Crippen LogP contribution in [-0.2, 0) is 10.8 Å². The van der Waals surface area contributed by atoms with E-state index in [4.69, 9.17) is 15.0 Å². The molecule has 7 heteroatoms. The zero-order valence-electron chi connectivity index (χ0n) is 38.9. The lowest BCUT2D eigenvalue weighted by molar-refractivity contribution is 0.591. The molecule has 0 saturated carbocycles. The highest BCUT2D eigenvalue weighted by Gasteiger charge is 2.23. The summed E-state index contributed by atoms with van der Waals surface area (Å²) >= 11 is 0. The minimum Gasteiger partial charge on any atom is -0.309 e. The molecule has 7 nitrogen and oxygen atoms in total. The number of aromatic nitrogens is 5. The van der Waals surface area contributed by atoms with Gasteiger partial charge in [0.1, 0.15) is 6.07 Å². The Morgan fingerprint density at radius 3 is 1.37 bits per heavy atom. The predicted molar refractivity (Wildman–Crippen MR) is 277 cm³/mol. The van der Waals surface area contributed by atoms with Gasteiger partial charge in [0.05, 0.1) is 50.6 Å². The quantitative estimate of drug-likeness (QED) is 0.166. The molecule has 68 heavy (non-hydrogen) atoms. The van der Waals surface area contributed by atoms with Gasteiger partial charge in [-0.2, -0.15) is 10.5 Å². The number of benzene rings is 8. The van der Waals surface area contributed by atoms with Gasteiger partial charge in [-0.3, -0.25) is 0 Å². The van der Waals surface area contributed by atoms with Gasteiger partial charge in [0.25, 0.3) is 0 Å². The summed E-state index contributed by atoms with van der Waals surface area (Å²) in [4.78, 5) is 15.4. The zero-order chi connectivity index (χ0) is 46.9. The summed E-state index contributed by atoms with van der Waals surface area (Å²) in [7, 11) is 0. The Hall–Kier alpha value is -8.65. The lowest BCUT2D eigenvalue weighted by atomic mass is 9.86. The van der Waals surface area contributed by atoms with E-state index in [0.717, 1.165) is 66.5 Å². The lowest BCUT2D eigenvalue weighted by Gasteiger charge is -2.19. The van der Waals surface area contributed by atoms with Crippen LogP contribution in [0.15, 0.2) is 176 Å². The summed E-state index contributed by atoms with van der Waals surface area (Å²) in [6.45, 7) is 13.4. The predicted octanol–water partition coefficient (Wildman–Crippen LogP) is 15.1. The van der Waals surface area contributed by atoms with Crippen molar-refractivity contribution in [3.05, 3.63) is 198 Å². The van der Waals surface area contributed by atoms with Crippen molar-refractivity contribution >= 4 is 43.6 Å². The molecule has 11 aromatic rings. The maximum absolute atomic E-state index is 10.9. The normalized spacial score (nSPS) is 11.9. The zero-order valence-corrected chi connectivity index (χ0v) is 38.9. The van der Waals surface area contributed by atoms with E-state index in [9.17, 15) is 10.5 Å². The molecular weight excluding hydrogens is 831 g/mol. The maximum Gasteiger partial charge on any atom is 0.164 e. The van der Waals surface area contributed by atoms with E-state index >= 15 is 0 Å². The largest absolute Gasteiger partial charge is 0.309 e. The van der Waals surface area contributed by atoms with Crippen LogP contribution < -0.4 is 0 Å². The molecule has 0 bridgehead atoms. The average Bonchev–Trinajstić information content (AvgIpc) is 3.87. The van der Waals surface area contributed by atoms with E-state index in [1.807, 2.05) is 78.9 Å². The van der Waals surface area contributed by atoms with Crippen LogP contribution in [0.5, 0.6) is 0 Å². The maximum atomic E-state index is 10.9. The molecule has 8 aromatic carbocycles. The topological polar surface area (TPSA) is 96.1 Å². The van der Waals surface area contributed by atoms with Gasteiger partial charge in [-0.05, 0) is 112 Å². The van der Waals surface area contributed by atoms with Crippen molar-refractivity contribution in [1.29, 1.82) is 10.5 Å². The number of nitriles is 2. The molecule has 0 radical (unpaired) electrons. The van der Waals surface area contributed by atoms with Gasteiger partial charge in [-0.15, -0.1) is 0 Å². The number of hydrogen-bond donors (Lipinski definition) is 0. The van der Waals surface area contributed by atoms with Crippen molar-refractivity contribution < 1.29 is 0 Å². The van der Waals surface area contributed by atoms with Crippen molar-refractivity contribution in [3.8, 4) is 68.8 Å². The summed E-state index contributed by atoms with van der Waals surface area (Å²) < 4.78 is 4.54. The summed E-state index contributed by atoms with van der Waals surface area (Å²) in [5.41, 5.74) is 13.8. The molecule has 326 valence electrons. The standard InChI is InChI=1S/C61H47N7/c1-60(2,3)44-26-30-55-49(34-44)46-16-10-12-18-52(46)67(55)51-28-24-41(32-43(51)37-63)58-64-57(40-14-8-7-9-15-40)65-59(66-58)42-25-29-54(48(33-42)39-22-20-38(36-62)21-23-39)68-53-19-13-11-17-47(53)50-35-45(61(4,5)6)27-31-56(50)68/h7-35H,1-6H3. The van der Waals surface area contributed by atoms with E-state index in [0.29, 0.717) is 34.2 Å². The van der Waals surface area contributed by atoms with Crippen LogP contribution in [0.1, 0.15) is 63.8 Å². The Labute approximate surface area is 395 Å². The van der Waals surface area contributed by atoms with Crippen molar-refractivity contribution in [2.24, 2.45) is 0 Å². The smallest absolute Gasteiger partial charge is 0.164 e. The van der Waals surface area contributed by atoms with Crippen molar-refractivity contribution in [1.82, 2.24) is 24.1 Å². The molecule has 0 saturated heterocycles. The van der Waals surface area contributed by atoms with Gasteiger partial charge in [0.15, 0.2) is 17.5 Å². The first-order valence-corrected chi connectivity index (χ1v) is 23.0. The van der Waals surface area contributed by atoms with Crippen LogP contribution in [0.4, 0.5) is 0 Å². The van der Waals surface area contributed by atoms with Gasteiger partial charge >= 0.3 is 0 Å². The van der Waals surface area contributed by atoms with E-state index < -0.39 is 0 Å². The third-order valence-electron chi connectivity index (χ3n) is 13.2. The van der Waals surface area contributed by atoms with Crippen molar-refractivity contribution in [2.75, 3.05) is 0 Å². The Morgan fingerprint density at radius 1 is 0.382 bits per heavy atom. The second-order valence-electron chi connectivity index (χ2n) is 19.6. The van der Waals surface area contributed by atoms with Gasteiger partial charge in [0, 0.05) is 43.8 Å². The highest BCUT2D eigenvalue weighted by Crippen LogP contribution is 2.41. The number of hydrogen-bond acceptors (Lipinski definition) is 5. The molecule has 0 N–H and O–H groups in total. The molecule has 0 spiro atoms. The van der Waals surface area contributed by atoms with Crippen LogP contribution in [0, 0.1) is 22.7 Å². The SMILES string of the molecule is CC(C)(C)c1ccc2c(c1)c1ccccc1n2-c1ccc(-c2nc(-c3ccccc3)nc(-c3ccc(-n4c5ccccc5c5cc(C(C)(C)C)ccc54)c(-c4ccc(C#N)cc4)c3)n2)cc1C#N. The Kier molecular flexibility index (Phi) is 9.92. The number of nitrogens with zero attached hydrogens (tertiary/aromatic N) is 7. The fraction of sp³-hybridized carbons (Fsp3) is 0.131. The third kappa shape index (κ3) is 7.17. The molecule has 0 aliphatic carbocycles. The van der Waals surface area contributed by atoms with E-state index in [-0.39, 0.29) is 10.8 Å². The van der Waals surface area contributed by atoms with Crippen LogP contribution in [0.2, 0.25) is 0 Å². The molecule has 0 atom stereocenters. The summed E-state index contributed by atoms with van der Waals surface area (Å²) in [5, 5.41) is 25.3. The molecule has 11 rings (SSSR count). The second kappa shape index (κ2) is 16.0. The van der Waals surface area contributed by atoms with Crippen LogP contribution in [0.3, 0.4) is 0 Å². The van der Waals surface area contributed by atoms with Gasteiger partial charge in [0.2, 0.25) is 0 Å². The van der Waals surface area contributed by atoms with Gasteiger partial charge in [-0.1, -0.05) is 133 Å². The Bertz CT molecular complexity index is 3880. The fourth-order valence-electron chi connectivity index (χ4n) is 9.53. The van der Waals surface area contributed by atoms with Crippen LogP contribution in [-0.4, -0.2) is 24.1 Å². The Balaban J connectivity index is 1.10. The number of rotatable bonds is 6. The number of fused-ring (bicyclic) bond motifs is 6. The molecule has 0 aliphatic heterocycles. The van der Waals surface area contributed by atoms with Crippen molar-refractivity contribution in [2.45, 2.75) is 52.4 Å². The molecular formula is C61H47N7. The van der Waals surface area contributed by atoms with Gasteiger partial charge in [-0.25, -0.2) is 15.0 Å². The minimum absolute atomic E-state index is 0.0178. The lowest BCUT2D eigenvalue weighted by Crippen LogP contribution is -2.10. The van der Waals surface area contributed by atoms with E-state index in [1.54, 1.807) is 0 Å². The third-order valence-corrected chi connectivity index (χ3v) is 13.2. The molecule has 3 heterocycles. The number of para-hydroxylation sites is 2. The fourth-order valence-corrected chi connectivity index (χ4v) is 9.53. The average molecular weight is 878 g/mol. The van der Waals surface area contributed by atoms with E-state index in [2.05, 4.69) is 160 Å². The van der Waals surface area contributed by atoms with Gasteiger partial charge < -0.3 is 9.13 Å². The highest BCUT2D eigenvalue weighted by atomic mass is 15.0. The van der Waals surface area contributed by atoms with Crippen molar-refractivity contribution in [3.63, 3.8) is 0 Å². The first-order chi connectivity index (χ1) is 32.9. The monoisotopic (exact) mass is 877 g/mol. The molecule has 0 aliphatic rings. The molecule has 0 fully saturated rings. The first-order valence-electron chi connectivity index (χ1n) is 23.0. The highest BCUT2D eigenvalue weighted by molar-refractivity contribution is 6.11. The molecule has 3 aromatic heterocycles. The minimum atomic E-state index is -0.0186. The van der Waals surface area contributed by atoms with Crippen LogP contribution >= 0.6 is 0 Å². The summed E-state index contributed by atoms with van der Waals surface area (Å²) in [5.74, 6) is 1.47. The summed E-state index contributed by atoms with van der Waals surface area (Å²) in [6, 6.07) is 65.2. The van der Waals surface area contributed by atoms with Crippen LogP contribution in [0.25, 0.3) is 100 Å². The summed E-state index contributed by atoms with van der Waals surface area (Å²) in [6.07, 6.45) is 0.